The van der Waals surface area contributed by atoms with Gasteiger partial charge in [0.1, 0.15) is 5.75 Å². The molecule has 1 aromatic carbocycles. The van der Waals surface area contributed by atoms with Crippen LogP contribution in [0.15, 0.2) is 18.2 Å². The molecule has 0 spiro atoms. The maximum atomic E-state index is 13.1. The zero-order chi connectivity index (χ0) is 14.0. The Labute approximate surface area is 120 Å². The molecule has 108 valence electrons. The molecule has 2 aliphatic rings. The van der Waals surface area contributed by atoms with Crippen LogP contribution in [0.4, 0.5) is 0 Å². The molecule has 0 saturated carbocycles. The lowest BCUT2D eigenvalue weighted by Gasteiger charge is -2.28. The van der Waals surface area contributed by atoms with Gasteiger partial charge in [-0.05, 0) is 43.9 Å². The van der Waals surface area contributed by atoms with Crippen molar-refractivity contribution in [2.24, 2.45) is 5.41 Å². The lowest BCUT2D eigenvalue weighted by atomic mass is 9.75. The molecule has 20 heavy (non-hydrogen) atoms. The summed E-state index contributed by atoms with van der Waals surface area (Å²) in [4.78, 5) is 13.1. The Balaban J connectivity index is 1.97. The smallest absolute Gasteiger partial charge is 0.174 e. The zero-order valence-corrected chi connectivity index (χ0v) is 12.2. The van der Waals surface area contributed by atoms with Gasteiger partial charge in [-0.3, -0.25) is 4.79 Å². The van der Waals surface area contributed by atoms with Gasteiger partial charge < -0.3 is 10.1 Å². The first kappa shape index (κ1) is 13.6. The van der Waals surface area contributed by atoms with Gasteiger partial charge in [0.05, 0.1) is 12.2 Å². The number of hydrogen-bond acceptors (Lipinski definition) is 3. The minimum absolute atomic E-state index is 0.218. The number of para-hydroxylation sites is 1. The summed E-state index contributed by atoms with van der Waals surface area (Å²) in [6, 6.07) is 6.04. The molecule has 0 aliphatic carbocycles. The van der Waals surface area contributed by atoms with E-state index in [1.54, 1.807) is 0 Å². The Kier molecular flexibility index (Phi) is 3.79. The van der Waals surface area contributed by atoms with E-state index in [1.807, 2.05) is 12.1 Å². The first-order chi connectivity index (χ1) is 9.77. The van der Waals surface area contributed by atoms with Crippen molar-refractivity contribution in [2.75, 3.05) is 19.7 Å². The summed E-state index contributed by atoms with van der Waals surface area (Å²) in [7, 11) is 0. The topological polar surface area (TPSA) is 38.3 Å². The van der Waals surface area contributed by atoms with Gasteiger partial charge in [-0.15, -0.1) is 0 Å². The molecule has 0 bridgehead atoms. The van der Waals surface area contributed by atoms with Gasteiger partial charge in [0.15, 0.2) is 5.78 Å². The van der Waals surface area contributed by atoms with Crippen molar-refractivity contribution < 1.29 is 9.53 Å². The summed E-state index contributed by atoms with van der Waals surface area (Å²) in [5.74, 6) is 1.13. The largest absolute Gasteiger partial charge is 0.493 e. The number of ether oxygens (including phenoxy) is 1. The fraction of sp³-hybridized carbons (Fsp3) is 0.588. The predicted molar refractivity (Wildman–Crippen MR) is 79.4 cm³/mol. The van der Waals surface area contributed by atoms with Crippen LogP contribution in [-0.2, 0) is 6.42 Å². The van der Waals surface area contributed by atoms with Gasteiger partial charge in [0.2, 0.25) is 0 Å². The molecule has 1 unspecified atom stereocenters. The van der Waals surface area contributed by atoms with Crippen molar-refractivity contribution in [1.29, 1.82) is 0 Å². The first-order valence-electron chi connectivity index (χ1n) is 7.77. The van der Waals surface area contributed by atoms with Crippen LogP contribution in [0.2, 0.25) is 0 Å². The van der Waals surface area contributed by atoms with Crippen molar-refractivity contribution in [3.8, 4) is 5.75 Å². The summed E-state index contributed by atoms with van der Waals surface area (Å²) < 4.78 is 5.82. The van der Waals surface area contributed by atoms with Crippen LogP contribution < -0.4 is 10.1 Å². The van der Waals surface area contributed by atoms with E-state index < -0.39 is 0 Å². The van der Waals surface area contributed by atoms with Crippen LogP contribution in [0.1, 0.15) is 48.5 Å². The lowest BCUT2D eigenvalue weighted by Crippen LogP contribution is -2.34. The number of aryl methyl sites for hydroxylation is 1. The maximum Gasteiger partial charge on any atom is 0.174 e. The zero-order valence-electron chi connectivity index (χ0n) is 12.2. The molecule has 3 heteroatoms. The molecular weight excluding hydrogens is 250 g/mol. The lowest BCUT2D eigenvalue weighted by molar-refractivity contribution is 0.0796. The number of hydrogen-bond donors (Lipinski definition) is 1. The Morgan fingerprint density at radius 3 is 3.10 bits per heavy atom. The van der Waals surface area contributed by atoms with Crippen LogP contribution in [0, 0.1) is 5.41 Å². The average molecular weight is 273 g/mol. The number of benzene rings is 1. The van der Waals surface area contributed by atoms with Crippen molar-refractivity contribution in [2.45, 2.75) is 39.0 Å². The number of fused-ring (bicyclic) bond motifs is 1. The van der Waals surface area contributed by atoms with Crippen LogP contribution >= 0.6 is 0 Å². The summed E-state index contributed by atoms with van der Waals surface area (Å²) in [5.41, 5.74) is 1.78. The van der Waals surface area contributed by atoms with Crippen LogP contribution in [0.25, 0.3) is 0 Å². The average Bonchev–Trinajstić information content (AvgIpc) is 2.96. The Morgan fingerprint density at radius 1 is 1.45 bits per heavy atom. The highest BCUT2D eigenvalue weighted by atomic mass is 16.5. The van der Waals surface area contributed by atoms with E-state index in [-0.39, 0.29) is 11.2 Å². The number of nitrogens with one attached hydrogen (secondary N) is 1. The molecule has 3 nitrogen and oxygen atoms in total. The third-order valence-corrected chi connectivity index (χ3v) is 4.63. The minimum Gasteiger partial charge on any atom is -0.493 e. The fourth-order valence-corrected chi connectivity index (χ4v) is 3.60. The van der Waals surface area contributed by atoms with Crippen molar-refractivity contribution >= 4 is 5.78 Å². The third kappa shape index (κ3) is 2.24. The molecule has 1 fully saturated rings. The summed E-state index contributed by atoms with van der Waals surface area (Å²) in [6.45, 7) is 4.64. The minimum atomic E-state index is -0.218. The third-order valence-electron chi connectivity index (χ3n) is 4.63. The molecule has 1 atom stereocenters. The van der Waals surface area contributed by atoms with Crippen LogP contribution in [-0.4, -0.2) is 25.5 Å². The second-order valence-corrected chi connectivity index (χ2v) is 6.03. The summed E-state index contributed by atoms with van der Waals surface area (Å²) in [5, 5.41) is 3.37. The molecule has 2 aliphatic heterocycles. The van der Waals surface area contributed by atoms with E-state index in [0.29, 0.717) is 0 Å². The van der Waals surface area contributed by atoms with E-state index >= 15 is 0 Å². The van der Waals surface area contributed by atoms with Crippen LogP contribution in [0.5, 0.6) is 5.75 Å². The summed E-state index contributed by atoms with van der Waals surface area (Å²) >= 11 is 0. The van der Waals surface area contributed by atoms with E-state index in [9.17, 15) is 4.79 Å². The highest BCUT2D eigenvalue weighted by Crippen LogP contribution is 2.39. The van der Waals surface area contributed by atoms with E-state index in [2.05, 4.69) is 18.3 Å². The van der Waals surface area contributed by atoms with Crippen molar-refractivity contribution in [1.82, 2.24) is 5.32 Å². The van der Waals surface area contributed by atoms with Gasteiger partial charge >= 0.3 is 0 Å². The summed E-state index contributed by atoms with van der Waals surface area (Å²) in [6.07, 6.45) is 5.02. The van der Waals surface area contributed by atoms with Gasteiger partial charge in [-0.2, -0.15) is 0 Å². The molecule has 0 radical (unpaired) electrons. The fourth-order valence-electron chi connectivity index (χ4n) is 3.60. The predicted octanol–water partition coefficient (Wildman–Crippen LogP) is 2.97. The second-order valence-electron chi connectivity index (χ2n) is 6.03. The quantitative estimate of drug-likeness (QED) is 0.857. The maximum absolute atomic E-state index is 13.1. The first-order valence-corrected chi connectivity index (χ1v) is 7.77. The Bertz CT molecular complexity index is 504. The molecule has 1 saturated heterocycles. The van der Waals surface area contributed by atoms with Gasteiger partial charge in [-0.25, -0.2) is 0 Å². The second kappa shape index (κ2) is 5.57. The van der Waals surface area contributed by atoms with Crippen LogP contribution in [0.3, 0.4) is 0 Å². The standard InChI is InChI=1S/C17H23NO2/c1-2-8-17(9-10-18-12-17)16(19)14-7-3-5-13-6-4-11-20-15(13)14/h3,5,7,18H,2,4,6,8-12H2,1H3. The highest BCUT2D eigenvalue weighted by molar-refractivity contribution is 6.03. The molecule has 1 N–H and O–H groups in total. The van der Waals surface area contributed by atoms with Crippen molar-refractivity contribution in [3.05, 3.63) is 29.3 Å². The van der Waals surface area contributed by atoms with E-state index in [1.165, 1.54) is 5.56 Å². The molecule has 1 aromatic rings. The molecular formula is C17H23NO2. The number of ketones is 1. The van der Waals surface area contributed by atoms with Gasteiger partial charge in [-0.1, -0.05) is 25.5 Å². The SMILES string of the molecule is CCCC1(C(=O)c2cccc3c2OCCC3)CCNC1. The molecule has 3 rings (SSSR count). The Hall–Kier alpha value is -1.35. The number of carbonyl (C=O) groups is 1. The highest BCUT2D eigenvalue weighted by Gasteiger charge is 2.41. The number of Topliss-reactive ketones (excluding diaryl/α,β-unsaturated/α-hetero) is 1. The molecule has 0 amide bonds. The molecule has 2 heterocycles. The Morgan fingerprint density at radius 2 is 2.35 bits per heavy atom. The number of rotatable bonds is 4. The van der Waals surface area contributed by atoms with E-state index in [0.717, 1.165) is 63.1 Å². The molecule has 0 aromatic heterocycles. The number of carbonyl (C=O) groups excluding carboxylic acids is 1. The monoisotopic (exact) mass is 273 g/mol. The van der Waals surface area contributed by atoms with Gasteiger partial charge in [0, 0.05) is 12.0 Å². The van der Waals surface area contributed by atoms with Crippen molar-refractivity contribution in [3.63, 3.8) is 0 Å². The van der Waals surface area contributed by atoms with Gasteiger partial charge in [0.25, 0.3) is 0 Å². The normalized spacial score (nSPS) is 25.1. The van der Waals surface area contributed by atoms with E-state index in [4.69, 9.17) is 4.74 Å².